The van der Waals surface area contributed by atoms with E-state index in [1.807, 2.05) is 0 Å². The molecule has 3 aliphatic rings. The van der Waals surface area contributed by atoms with Crippen molar-refractivity contribution in [3.05, 3.63) is 35.9 Å². The molecule has 1 aromatic rings. The van der Waals surface area contributed by atoms with Gasteiger partial charge in [0.15, 0.2) is 5.96 Å². The first-order valence-corrected chi connectivity index (χ1v) is 11.1. The van der Waals surface area contributed by atoms with E-state index in [2.05, 4.69) is 47.5 Å². The second-order valence-corrected chi connectivity index (χ2v) is 8.47. The SMILES string of the molecule is CCN=C(NC1CC1c1ccccc1)N1CCC(OCC2CCCC2)CC1. The molecule has 1 N–H and O–H groups in total. The molecule has 1 saturated heterocycles. The Morgan fingerprint density at radius 1 is 1.11 bits per heavy atom. The van der Waals surface area contributed by atoms with Crippen LogP contribution in [0, 0.1) is 5.92 Å². The molecular formula is C23H35N3O. The van der Waals surface area contributed by atoms with Crippen LogP contribution in [0.4, 0.5) is 0 Å². The Bertz CT molecular complexity index is 603. The Morgan fingerprint density at radius 2 is 1.85 bits per heavy atom. The van der Waals surface area contributed by atoms with E-state index in [4.69, 9.17) is 9.73 Å². The smallest absolute Gasteiger partial charge is 0.194 e. The van der Waals surface area contributed by atoms with E-state index < -0.39 is 0 Å². The molecule has 2 unspecified atom stereocenters. The van der Waals surface area contributed by atoms with Crippen LogP contribution in [0.1, 0.15) is 63.4 Å². The van der Waals surface area contributed by atoms with Gasteiger partial charge in [0.2, 0.25) is 0 Å². The van der Waals surface area contributed by atoms with Gasteiger partial charge >= 0.3 is 0 Å². The van der Waals surface area contributed by atoms with Crippen LogP contribution in [0.25, 0.3) is 0 Å². The molecule has 0 spiro atoms. The predicted octanol–water partition coefficient (Wildman–Crippen LogP) is 4.18. The molecule has 148 valence electrons. The summed E-state index contributed by atoms with van der Waals surface area (Å²) in [6.07, 6.45) is 9.48. The highest BCUT2D eigenvalue weighted by atomic mass is 16.5. The van der Waals surface area contributed by atoms with Crippen LogP contribution in [-0.2, 0) is 4.74 Å². The summed E-state index contributed by atoms with van der Waals surface area (Å²) in [6, 6.07) is 11.4. The van der Waals surface area contributed by atoms with Crippen LogP contribution in [0.5, 0.6) is 0 Å². The lowest BCUT2D eigenvalue weighted by Gasteiger charge is -2.34. The molecule has 2 aliphatic carbocycles. The Hall–Kier alpha value is -1.55. The van der Waals surface area contributed by atoms with Crippen LogP contribution < -0.4 is 5.32 Å². The van der Waals surface area contributed by atoms with Gasteiger partial charge in [-0.3, -0.25) is 4.99 Å². The Kier molecular flexibility index (Phi) is 6.33. The van der Waals surface area contributed by atoms with E-state index in [-0.39, 0.29) is 0 Å². The van der Waals surface area contributed by atoms with Crippen LogP contribution in [0.15, 0.2) is 35.3 Å². The number of nitrogens with one attached hydrogen (secondary N) is 1. The molecule has 0 bridgehead atoms. The monoisotopic (exact) mass is 369 g/mol. The average Bonchev–Trinajstić information content (AvgIpc) is 3.28. The minimum atomic E-state index is 0.447. The molecule has 4 heteroatoms. The third-order valence-corrected chi connectivity index (χ3v) is 6.42. The van der Waals surface area contributed by atoms with Crippen molar-refractivity contribution < 1.29 is 4.74 Å². The lowest BCUT2D eigenvalue weighted by Crippen LogP contribution is -2.48. The van der Waals surface area contributed by atoms with Gasteiger partial charge in [-0.2, -0.15) is 0 Å². The molecule has 4 nitrogen and oxygen atoms in total. The van der Waals surface area contributed by atoms with Gasteiger partial charge in [-0.1, -0.05) is 43.2 Å². The predicted molar refractivity (Wildman–Crippen MR) is 111 cm³/mol. The van der Waals surface area contributed by atoms with Gasteiger partial charge in [0.05, 0.1) is 6.10 Å². The maximum Gasteiger partial charge on any atom is 0.194 e. The fourth-order valence-electron chi connectivity index (χ4n) is 4.66. The quantitative estimate of drug-likeness (QED) is 0.604. The Balaban J connectivity index is 1.23. The lowest BCUT2D eigenvalue weighted by molar-refractivity contribution is 0.000993. The first kappa shape index (κ1) is 18.8. The average molecular weight is 370 g/mol. The number of hydrogen-bond acceptors (Lipinski definition) is 2. The molecule has 0 amide bonds. The summed E-state index contributed by atoms with van der Waals surface area (Å²) in [4.78, 5) is 7.22. The summed E-state index contributed by atoms with van der Waals surface area (Å²) in [5.74, 6) is 2.57. The van der Waals surface area contributed by atoms with Crippen LogP contribution >= 0.6 is 0 Å². The van der Waals surface area contributed by atoms with E-state index >= 15 is 0 Å². The van der Waals surface area contributed by atoms with Gasteiger partial charge in [0.25, 0.3) is 0 Å². The summed E-state index contributed by atoms with van der Waals surface area (Å²) in [5, 5.41) is 3.74. The van der Waals surface area contributed by atoms with Gasteiger partial charge in [0.1, 0.15) is 0 Å². The van der Waals surface area contributed by atoms with Crippen molar-refractivity contribution in [1.82, 2.24) is 10.2 Å². The van der Waals surface area contributed by atoms with Crippen molar-refractivity contribution in [3.8, 4) is 0 Å². The van der Waals surface area contributed by atoms with E-state index in [1.165, 1.54) is 37.7 Å². The lowest BCUT2D eigenvalue weighted by atomic mass is 10.1. The highest BCUT2D eigenvalue weighted by molar-refractivity contribution is 5.81. The normalized spacial score (nSPS) is 27.1. The number of aliphatic imine (C=N–C) groups is 1. The van der Waals surface area contributed by atoms with Crippen LogP contribution in [0.3, 0.4) is 0 Å². The van der Waals surface area contributed by atoms with Gasteiger partial charge in [-0.15, -0.1) is 0 Å². The van der Waals surface area contributed by atoms with Gasteiger partial charge in [-0.05, 0) is 50.5 Å². The zero-order chi connectivity index (χ0) is 18.5. The standard InChI is InChI=1S/C23H35N3O/c1-2-24-23(25-22-16-21(22)19-10-4-3-5-11-19)26-14-12-20(13-15-26)27-17-18-8-6-7-9-18/h3-5,10-11,18,20-22H,2,6-9,12-17H2,1H3,(H,24,25). The highest BCUT2D eigenvalue weighted by Gasteiger charge is 2.39. The summed E-state index contributed by atoms with van der Waals surface area (Å²) in [7, 11) is 0. The molecule has 4 rings (SSSR count). The maximum absolute atomic E-state index is 6.24. The maximum atomic E-state index is 6.24. The van der Waals surface area contributed by atoms with Gasteiger partial charge in [0, 0.05) is 38.2 Å². The molecule has 0 radical (unpaired) electrons. The highest BCUT2D eigenvalue weighted by Crippen LogP contribution is 2.40. The largest absolute Gasteiger partial charge is 0.378 e. The molecule has 27 heavy (non-hydrogen) atoms. The van der Waals surface area contributed by atoms with Crippen molar-refractivity contribution in [3.63, 3.8) is 0 Å². The molecule has 1 heterocycles. The topological polar surface area (TPSA) is 36.9 Å². The number of likely N-dealkylation sites (tertiary alicyclic amines) is 1. The molecule has 2 saturated carbocycles. The van der Waals surface area contributed by atoms with Crippen molar-refractivity contribution >= 4 is 5.96 Å². The first-order chi connectivity index (χ1) is 13.3. The van der Waals surface area contributed by atoms with Crippen molar-refractivity contribution in [2.45, 2.75) is 69.9 Å². The van der Waals surface area contributed by atoms with Crippen LogP contribution in [0.2, 0.25) is 0 Å². The second-order valence-electron chi connectivity index (χ2n) is 8.47. The summed E-state index contributed by atoms with van der Waals surface area (Å²) < 4.78 is 6.24. The van der Waals surface area contributed by atoms with Crippen molar-refractivity contribution in [1.29, 1.82) is 0 Å². The summed E-state index contributed by atoms with van der Waals surface area (Å²) in [5.41, 5.74) is 1.45. The molecule has 0 aromatic heterocycles. The zero-order valence-corrected chi connectivity index (χ0v) is 16.8. The fourth-order valence-corrected chi connectivity index (χ4v) is 4.66. The number of ether oxygens (including phenoxy) is 1. The number of benzene rings is 1. The molecule has 1 aromatic carbocycles. The molecular weight excluding hydrogens is 334 g/mol. The Morgan fingerprint density at radius 3 is 2.56 bits per heavy atom. The molecule has 1 aliphatic heterocycles. The Labute approximate surface area is 164 Å². The number of rotatable bonds is 6. The van der Waals surface area contributed by atoms with E-state index in [0.29, 0.717) is 18.1 Å². The molecule has 2 atom stereocenters. The number of hydrogen-bond donors (Lipinski definition) is 1. The second kappa shape index (κ2) is 9.09. The third kappa shape index (κ3) is 5.04. The van der Waals surface area contributed by atoms with Crippen LogP contribution in [-0.4, -0.2) is 49.2 Å². The first-order valence-electron chi connectivity index (χ1n) is 11.1. The minimum Gasteiger partial charge on any atom is -0.378 e. The number of guanidine groups is 1. The van der Waals surface area contributed by atoms with Gasteiger partial charge in [-0.25, -0.2) is 0 Å². The van der Waals surface area contributed by atoms with Crippen molar-refractivity contribution in [2.24, 2.45) is 10.9 Å². The number of piperidine rings is 1. The zero-order valence-electron chi connectivity index (χ0n) is 16.8. The molecule has 3 fully saturated rings. The van der Waals surface area contributed by atoms with Gasteiger partial charge < -0.3 is 15.0 Å². The minimum absolute atomic E-state index is 0.447. The number of nitrogens with zero attached hydrogens (tertiary/aromatic N) is 2. The summed E-state index contributed by atoms with van der Waals surface area (Å²) in [6.45, 7) is 6.07. The van der Waals surface area contributed by atoms with E-state index in [9.17, 15) is 0 Å². The fraction of sp³-hybridized carbons (Fsp3) is 0.696. The third-order valence-electron chi connectivity index (χ3n) is 6.42. The van der Waals surface area contributed by atoms with Crippen molar-refractivity contribution in [2.75, 3.05) is 26.2 Å². The van der Waals surface area contributed by atoms with E-state index in [0.717, 1.165) is 51.0 Å². The van der Waals surface area contributed by atoms with E-state index in [1.54, 1.807) is 0 Å². The summed E-state index contributed by atoms with van der Waals surface area (Å²) >= 11 is 0.